The van der Waals surface area contributed by atoms with Crippen molar-refractivity contribution in [2.75, 3.05) is 7.11 Å². The Bertz CT molecular complexity index is 504. The molecule has 1 saturated carbocycles. The number of ether oxygens (including phenoxy) is 1. The molecule has 124 valence electrons. The van der Waals surface area contributed by atoms with E-state index in [2.05, 4.69) is 5.10 Å². The Morgan fingerprint density at radius 2 is 2.09 bits per heavy atom. The SMILES string of the molecule is COC(O)CC(C)(C)n1cc(C2CCC(C(=O)O)CC2)cn1. The molecule has 6 heteroatoms. The molecule has 0 bridgehead atoms. The summed E-state index contributed by atoms with van der Waals surface area (Å²) in [4.78, 5) is 11.0. The van der Waals surface area contributed by atoms with Crippen molar-refractivity contribution in [2.24, 2.45) is 5.92 Å². The minimum Gasteiger partial charge on any atom is -0.481 e. The lowest BCUT2D eigenvalue weighted by Gasteiger charge is -2.28. The van der Waals surface area contributed by atoms with Gasteiger partial charge in [-0.3, -0.25) is 9.48 Å². The molecule has 0 spiro atoms. The Labute approximate surface area is 131 Å². The number of nitrogens with zero attached hydrogens (tertiary/aromatic N) is 2. The molecule has 1 aromatic rings. The number of rotatable bonds is 6. The van der Waals surface area contributed by atoms with Crippen LogP contribution in [-0.2, 0) is 15.1 Å². The van der Waals surface area contributed by atoms with Crippen LogP contribution in [0.5, 0.6) is 0 Å². The Morgan fingerprint density at radius 3 is 2.64 bits per heavy atom. The number of carboxylic acid groups (broad SMARTS) is 1. The maximum atomic E-state index is 11.0. The lowest BCUT2D eigenvalue weighted by Crippen LogP contribution is -2.32. The van der Waals surface area contributed by atoms with E-state index >= 15 is 0 Å². The van der Waals surface area contributed by atoms with Gasteiger partial charge in [0.15, 0.2) is 6.29 Å². The van der Waals surface area contributed by atoms with E-state index in [4.69, 9.17) is 9.84 Å². The molecule has 1 unspecified atom stereocenters. The fourth-order valence-electron chi connectivity index (χ4n) is 3.16. The third-order valence-corrected chi connectivity index (χ3v) is 4.72. The second-order valence-corrected chi connectivity index (χ2v) is 6.81. The van der Waals surface area contributed by atoms with Crippen LogP contribution in [0, 0.1) is 5.92 Å². The smallest absolute Gasteiger partial charge is 0.306 e. The summed E-state index contributed by atoms with van der Waals surface area (Å²) >= 11 is 0. The summed E-state index contributed by atoms with van der Waals surface area (Å²) in [6, 6.07) is 0. The van der Waals surface area contributed by atoms with Crippen molar-refractivity contribution in [3.8, 4) is 0 Å². The van der Waals surface area contributed by atoms with Gasteiger partial charge in [0.1, 0.15) is 0 Å². The van der Waals surface area contributed by atoms with E-state index in [1.54, 1.807) is 0 Å². The zero-order valence-corrected chi connectivity index (χ0v) is 13.5. The molecular weight excluding hydrogens is 284 g/mol. The number of aliphatic hydroxyl groups is 1. The molecule has 0 radical (unpaired) electrons. The first kappa shape index (κ1) is 17.0. The summed E-state index contributed by atoms with van der Waals surface area (Å²) in [5.74, 6) is -0.490. The van der Waals surface area contributed by atoms with Crippen LogP contribution in [0.4, 0.5) is 0 Å². The van der Waals surface area contributed by atoms with E-state index in [0.717, 1.165) is 31.2 Å². The lowest BCUT2D eigenvalue weighted by molar-refractivity contribution is -0.142. The van der Waals surface area contributed by atoms with E-state index < -0.39 is 12.3 Å². The number of carbonyl (C=O) groups is 1. The molecule has 2 N–H and O–H groups in total. The third-order valence-electron chi connectivity index (χ3n) is 4.72. The van der Waals surface area contributed by atoms with Crippen LogP contribution in [0.3, 0.4) is 0 Å². The van der Waals surface area contributed by atoms with E-state index in [0.29, 0.717) is 12.3 Å². The van der Waals surface area contributed by atoms with E-state index in [9.17, 15) is 9.90 Å². The molecule has 0 aliphatic heterocycles. The number of methoxy groups -OCH3 is 1. The van der Waals surface area contributed by atoms with Crippen molar-refractivity contribution in [1.29, 1.82) is 0 Å². The number of aromatic nitrogens is 2. The second-order valence-electron chi connectivity index (χ2n) is 6.81. The zero-order valence-electron chi connectivity index (χ0n) is 13.5. The Balaban J connectivity index is 2.01. The van der Waals surface area contributed by atoms with Gasteiger partial charge in [0.2, 0.25) is 0 Å². The van der Waals surface area contributed by atoms with Crippen molar-refractivity contribution in [3.63, 3.8) is 0 Å². The van der Waals surface area contributed by atoms with Gasteiger partial charge in [0, 0.05) is 19.7 Å². The molecule has 0 saturated heterocycles. The van der Waals surface area contributed by atoms with Gasteiger partial charge >= 0.3 is 5.97 Å². The van der Waals surface area contributed by atoms with Crippen LogP contribution in [0.2, 0.25) is 0 Å². The van der Waals surface area contributed by atoms with E-state index in [-0.39, 0.29) is 11.5 Å². The quantitative estimate of drug-likeness (QED) is 0.788. The lowest BCUT2D eigenvalue weighted by atomic mass is 9.79. The summed E-state index contributed by atoms with van der Waals surface area (Å²) in [7, 11) is 1.48. The first-order valence-corrected chi connectivity index (χ1v) is 7.82. The summed E-state index contributed by atoms with van der Waals surface area (Å²) in [5.41, 5.74) is 0.815. The molecule has 2 rings (SSSR count). The number of aliphatic hydroxyl groups excluding tert-OH is 1. The van der Waals surface area contributed by atoms with Gasteiger partial charge in [0.25, 0.3) is 0 Å². The number of hydrogen-bond acceptors (Lipinski definition) is 4. The normalized spacial score (nSPS) is 24.2. The predicted octanol–water partition coefficient (Wildman–Crippen LogP) is 2.33. The fraction of sp³-hybridized carbons (Fsp3) is 0.750. The molecule has 0 aromatic carbocycles. The van der Waals surface area contributed by atoms with Crippen LogP contribution in [0.1, 0.15) is 57.4 Å². The molecule has 1 fully saturated rings. The number of aliphatic carboxylic acids is 1. The molecule has 22 heavy (non-hydrogen) atoms. The molecule has 1 aliphatic rings. The molecule has 6 nitrogen and oxygen atoms in total. The maximum Gasteiger partial charge on any atom is 0.306 e. The zero-order chi connectivity index (χ0) is 16.3. The third kappa shape index (κ3) is 3.87. The Hall–Kier alpha value is -1.40. The van der Waals surface area contributed by atoms with Crippen molar-refractivity contribution in [2.45, 2.75) is 63.7 Å². The van der Waals surface area contributed by atoms with Gasteiger partial charge in [-0.15, -0.1) is 0 Å². The van der Waals surface area contributed by atoms with Crippen LogP contribution in [0.25, 0.3) is 0 Å². The van der Waals surface area contributed by atoms with Gasteiger partial charge in [-0.25, -0.2) is 0 Å². The highest BCUT2D eigenvalue weighted by atomic mass is 16.6. The van der Waals surface area contributed by atoms with E-state index in [1.165, 1.54) is 7.11 Å². The monoisotopic (exact) mass is 310 g/mol. The van der Waals surface area contributed by atoms with E-state index in [1.807, 2.05) is 30.9 Å². The molecule has 1 aliphatic carbocycles. The van der Waals surface area contributed by atoms with Gasteiger partial charge in [-0.1, -0.05) is 0 Å². The largest absolute Gasteiger partial charge is 0.481 e. The number of carboxylic acids is 1. The van der Waals surface area contributed by atoms with Gasteiger partial charge in [0.05, 0.1) is 17.7 Å². The van der Waals surface area contributed by atoms with Crippen LogP contribution < -0.4 is 0 Å². The minimum absolute atomic E-state index is 0.195. The Morgan fingerprint density at radius 1 is 1.45 bits per heavy atom. The van der Waals surface area contributed by atoms with Gasteiger partial charge in [-0.2, -0.15) is 5.10 Å². The maximum absolute atomic E-state index is 11.0. The topological polar surface area (TPSA) is 84.6 Å². The van der Waals surface area contributed by atoms with Crippen LogP contribution >= 0.6 is 0 Å². The summed E-state index contributed by atoms with van der Waals surface area (Å²) < 4.78 is 6.79. The number of hydrogen-bond donors (Lipinski definition) is 2. The second kappa shape index (κ2) is 6.79. The highest BCUT2D eigenvalue weighted by Crippen LogP contribution is 2.36. The minimum atomic E-state index is -0.811. The first-order valence-electron chi connectivity index (χ1n) is 7.82. The summed E-state index contributed by atoms with van der Waals surface area (Å²) in [6.07, 6.45) is 6.78. The average Bonchev–Trinajstić information content (AvgIpc) is 2.97. The van der Waals surface area contributed by atoms with Gasteiger partial charge in [-0.05, 0) is 51.0 Å². The Kier molecular flexibility index (Phi) is 5.24. The molecule has 1 aromatic heterocycles. The average molecular weight is 310 g/mol. The van der Waals surface area contributed by atoms with Crippen LogP contribution in [-0.4, -0.2) is 39.4 Å². The fourth-order valence-corrected chi connectivity index (χ4v) is 3.16. The first-order chi connectivity index (χ1) is 10.3. The summed E-state index contributed by atoms with van der Waals surface area (Å²) in [6.45, 7) is 4.01. The highest BCUT2D eigenvalue weighted by Gasteiger charge is 2.29. The van der Waals surface area contributed by atoms with Crippen molar-refractivity contribution >= 4 is 5.97 Å². The summed E-state index contributed by atoms with van der Waals surface area (Å²) in [5, 5.41) is 23.2. The standard InChI is InChI=1S/C16H26N2O4/c1-16(2,8-14(19)22-3)18-10-13(9-17-18)11-4-6-12(7-5-11)15(20)21/h9-12,14,19H,4-8H2,1-3H3,(H,20,21). The predicted molar refractivity (Wildman–Crippen MR) is 81.5 cm³/mol. The molecular formula is C16H26N2O4. The van der Waals surface area contributed by atoms with Crippen molar-refractivity contribution < 1.29 is 19.7 Å². The molecule has 1 heterocycles. The van der Waals surface area contributed by atoms with Gasteiger partial charge < -0.3 is 14.9 Å². The van der Waals surface area contributed by atoms with Crippen molar-refractivity contribution in [1.82, 2.24) is 9.78 Å². The molecule has 0 amide bonds. The highest BCUT2D eigenvalue weighted by molar-refractivity contribution is 5.70. The van der Waals surface area contributed by atoms with Crippen molar-refractivity contribution in [3.05, 3.63) is 18.0 Å². The molecule has 1 atom stereocenters. The van der Waals surface area contributed by atoms with Crippen LogP contribution in [0.15, 0.2) is 12.4 Å².